The summed E-state index contributed by atoms with van der Waals surface area (Å²) in [5.41, 5.74) is 3.90. The van der Waals surface area contributed by atoms with Crippen molar-refractivity contribution >= 4 is 34.6 Å². The number of anilines is 3. The Bertz CT molecular complexity index is 637. The van der Waals surface area contributed by atoms with E-state index in [-0.39, 0.29) is 5.91 Å². The van der Waals surface area contributed by atoms with Crippen LogP contribution in [0.3, 0.4) is 0 Å². The second kappa shape index (κ2) is 4.59. The van der Waals surface area contributed by atoms with Crippen molar-refractivity contribution in [3.63, 3.8) is 0 Å². The number of carbonyl (C=O) groups is 1. The highest BCUT2D eigenvalue weighted by Crippen LogP contribution is 2.36. The molecule has 0 radical (unpaired) electrons. The van der Waals surface area contributed by atoms with Crippen LogP contribution in [-0.4, -0.2) is 12.5 Å². The Morgan fingerprint density at radius 3 is 2.63 bits per heavy atom. The predicted octanol–water partition coefficient (Wildman–Crippen LogP) is 3.74. The molecule has 4 heteroatoms. The lowest BCUT2D eigenvalue weighted by atomic mass is 10.1. The summed E-state index contributed by atoms with van der Waals surface area (Å²) in [4.78, 5) is 13.7. The van der Waals surface area contributed by atoms with Gasteiger partial charge in [-0.05, 0) is 37.3 Å². The molecule has 0 bridgehead atoms. The maximum Gasteiger partial charge on any atom is 0.244 e. The van der Waals surface area contributed by atoms with Gasteiger partial charge in [0.25, 0.3) is 0 Å². The summed E-state index contributed by atoms with van der Waals surface area (Å²) in [7, 11) is 0. The van der Waals surface area contributed by atoms with E-state index in [9.17, 15) is 4.79 Å². The Morgan fingerprint density at radius 2 is 1.89 bits per heavy atom. The third kappa shape index (κ3) is 2.29. The third-order valence-electron chi connectivity index (χ3n) is 3.17. The lowest BCUT2D eigenvalue weighted by Gasteiger charge is -2.31. The molecule has 3 nitrogen and oxygen atoms in total. The van der Waals surface area contributed by atoms with Crippen LogP contribution >= 0.6 is 11.6 Å². The zero-order valence-corrected chi connectivity index (χ0v) is 11.2. The largest absolute Gasteiger partial charge is 0.330 e. The number of benzene rings is 2. The number of fused-ring (bicyclic) bond motifs is 1. The highest BCUT2D eigenvalue weighted by Gasteiger charge is 2.23. The second-order valence-corrected chi connectivity index (χ2v) is 5.07. The van der Waals surface area contributed by atoms with Crippen molar-refractivity contribution in [2.24, 2.45) is 0 Å². The van der Waals surface area contributed by atoms with Crippen molar-refractivity contribution in [2.75, 3.05) is 16.8 Å². The number of aryl methyl sites for hydroxylation is 1. The molecule has 1 aliphatic rings. The molecule has 19 heavy (non-hydrogen) atoms. The summed E-state index contributed by atoms with van der Waals surface area (Å²) in [6.07, 6.45) is 0. The first-order valence-electron chi connectivity index (χ1n) is 6.07. The van der Waals surface area contributed by atoms with Crippen LogP contribution in [0.25, 0.3) is 0 Å². The van der Waals surface area contributed by atoms with Gasteiger partial charge in [0.1, 0.15) is 6.54 Å². The average molecular weight is 273 g/mol. The Hall–Kier alpha value is -2.00. The summed E-state index contributed by atoms with van der Waals surface area (Å²) in [5, 5.41) is 3.52. The molecule has 0 spiro atoms. The van der Waals surface area contributed by atoms with Crippen LogP contribution in [-0.2, 0) is 4.79 Å². The molecule has 0 atom stereocenters. The second-order valence-electron chi connectivity index (χ2n) is 4.63. The van der Waals surface area contributed by atoms with Crippen molar-refractivity contribution < 1.29 is 4.79 Å². The van der Waals surface area contributed by atoms with Gasteiger partial charge in [-0.1, -0.05) is 29.3 Å². The first-order chi connectivity index (χ1) is 9.13. The van der Waals surface area contributed by atoms with E-state index < -0.39 is 0 Å². The van der Waals surface area contributed by atoms with Crippen molar-refractivity contribution in [1.29, 1.82) is 0 Å². The van der Waals surface area contributed by atoms with Gasteiger partial charge in [-0.15, -0.1) is 0 Å². The molecule has 96 valence electrons. The average Bonchev–Trinajstić information content (AvgIpc) is 2.39. The normalized spacial score (nSPS) is 14.0. The molecule has 0 saturated heterocycles. The van der Waals surface area contributed by atoms with E-state index in [2.05, 4.69) is 5.32 Å². The standard InChI is InChI=1S/C15H13ClN2O/c1-10-2-5-12(6-3-10)18-9-15(19)17-13-7-4-11(16)8-14(13)18/h2-8H,9H2,1H3,(H,17,19). The Labute approximate surface area is 116 Å². The molecule has 1 N–H and O–H groups in total. The molecule has 0 aromatic heterocycles. The van der Waals surface area contributed by atoms with E-state index in [0.29, 0.717) is 11.6 Å². The molecule has 1 amide bonds. The molecule has 3 rings (SSSR count). The van der Waals surface area contributed by atoms with Gasteiger partial charge in [-0.3, -0.25) is 4.79 Å². The number of hydrogen-bond acceptors (Lipinski definition) is 2. The van der Waals surface area contributed by atoms with Crippen LogP contribution in [0, 0.1) is 6.92 Å². The number of rotatable bonds is 1. The van der Waals surface area contributed by atoms with E-state index in [1.54, 1.807) is 6.07 Å². The summed E-state index contributed by atoms with van der Waals surface area (Å²) in [6.45, 7) is 2.34. The molecule has 1 heterocycles. The summed E-state index contributed by atoms with van der Waals surface area (Å²) in [6, 6.07) is 13.6. The van der Waals surface area contributed by atoms with Gasteiger partial charge in [0, 0.05) is 10.7 Å². The summed E-state index contributed by atoms with van der Waals surface area (Å²) >= 11 is 6.05. The molecular weight excluding hydrogens is 260 g/mol. The molecule has 1 aliphatic heterocycles. The fraction of sp³-hybridized carbons (Fsp3) is 0.133. The van der Waals surface area contributed by atoms with Crippen LogP contribution in [0.4, 0.5) is 17.1 Å². The van der Waals surface area contributed by atoms with E-state index in [4.69, 9.17) is 11.6 Å². The molecule has 0 saturated carbocycles. The zero-order valence-electron chi connectivity index (χ0n) is 10.5. The molecule has 0 aliphatic carbocycles. The monoisotopic (exact) mass is 272 g/mol. The Morgan fingerprint density at radius 1 is 1.16 bits per heavy atom. The lowest BCUT2D eigenvalue weighted by molar-refractivity contribution is -0.115. The fourth-order valence-corrected chi connectivity index (χ4v) is 2.37. The molecule has 2 aromatic rings. The topological polar surface area (TPSA) is 32.3 Å². The Balaban J connectivity index is 2.09. The molecule has 2 aromatic carbocycles. The van der Waals surface area contributed by atoms with E-state index >= 15 is 0 Å². The van der Waals surface area contributed by atoms with Crippen molar-refractivity contribution in [3.05, 3.63) is 53.1 Å². The maximum absolute atomic E-state index is 11.8. The number of hydrogen-bond donors (Lipinski definition) is 1. The van der Waals surface area contributed by atoms with Gasteiger partial charge >= 0.3 is 0 Å². The number of nitrogens with zero attached hydrogens (tertiary/aromatic N) is 1. The minimum atomic E-state index is -0.0182. The van der Waals surface area contributed by atoms with Gasteiger partial charge in [0.05, 0.1) is 11.4 Å². The maximum atomic E-state index is 11.8. The van der Waals surface area contributed by atoms with Crippen LogP contribution in [0.2, 0.25) is 5.02 Å². The number of nitrogens with one attached hydrogen (secondary N) is 1. The SMILES string of the molecule is Cc1ccc(N2CC(=O)Nc3ccc(Cl)cc32)cc1. The van der Waals surface area contributed by atoms with Crippen molar-refractivity contribution in [3.8, 4) is 0 Å². The van der Waals surface area contributed by atoms with Gasteiger partial charge in [-0.2, -0.15) is 0 Å². The molecule has 0 fully saturated rings. The summed E-state index contributed by atoms with van der Waals surface area (Å²) in [5.74, 6) is -0.0182. The highest BCUT2D eigenvalue weighted by molar-refractivity contribution is 6.31. The quantitative estimate of drug-likeness (QED) is 0.858. The van der Waals surface area contributed by atoms with Crippen LogP contribution in [0.1, 0.15) is 5.56 Å². The van der Waals surface area contributed by atoms with Gasteiger partial charge in [0.2, 0.25) is 5.91 Å². The van der Waals surface area contributed by atoms with Gasteiger partial charge < -0.3 is 10.2 Å². The third-order valence-corrected chi connectivity index (χ3v) is 3.41. The van der Waals surface area contributed by atoms with Crippen LogP contribution in [0.15, 0.2) is 42.5 Å². The van der Waals surface area contributed by atoms with Crippen molar-refractivity contribution in [2.45, 2.75) is 6.92 Å². The number of halogens is 1. The van der Waals surface area contributed by atoms with E-state index in [0.717, 1.165) is 17.1 Å². The Kier molecular flexibility index (Phi) is 2.91. The van der Waals surface area contributed by atoms with E-state index in [1.807, 2.05) is 48.2 Å². The first-order valence-corrected chi connectivity index (χ1v) is 6.45. The summed E-state index contributed by atoms with van der Waals surface area (Å²) < 4.78 is 0. The first kappa shape index (κ1) is 12.1. The van der Waals surface area contributed by atoms with Crippen LogP contribution in [0.5, 0.6) is 0 Å². The van der Waals surface area contributed by atoms with E-state index in [1.165, 1.54) is 5.56 Å². The molecule has 0 unspecified atom stereocenters. The minimum absolute atomic E-state index is 0.0182. The van der Waals surface area contributed by atoms with Gasteiger partial charge in [0.15, 0.2) is 0 Å². The molecular formula is C15H13ClN2O. The fourth-order valence-electron chi connectivity index (χ4n) is 2.21. The zero-order chi connectivity index (χ0) is 13.4. The van der Waals surface area contributed by atoms with Crippen LogP contribution < -0.4 is 10.2 Å². The van der Waals surface area contributed by atoms with Crippen molar-refractivity contribution in [1.82, 2.24) is 0 Å². The number of amides is 1. The smallest absolute Gasteiger partial charge is 0.244 e. The minimum Gasteiger partial charge on any atom is -0.330 e. The number of carbonyl (C=O) groups excluding carboxylic acids is 1. The predicted molar refractivity (Wildman–Crippen MR) is 78.3 cm³/mol. The lowest BCUT2D eigenvalue weighted by Crippen LogP contribution is -2.34. The highest BCUT2D eigenvalue weighted by atomic mass is 35.5. The van der Waals surface area contributed by atoms with Gasteiger partial charge in [-0.25, -0.2) is 0 Å².